The van der Waals surface area contributed by atoms with Crippen LogP contribution in [-0.2, 0) is 0 Å². The van der Waals surface area contributed by atoms with Crippen LogP contribution in [0.3, 0.4) is 0 Å². The summed E-state index contributed by atoms with van der Waals surface area (Å²) in [6.07, 6.45) is 0. The van der Waals surface area contributed by atoms with E-state index in [1.165, 1.54) is 40.3 Å². The van der Waals surface area contributed by atoms with Crippen LogP contribution in [0, 0.1) is 0 Å². The molecule has 7 aromatic rings. The van der Waals surface area contributed by atoms with Crippen LogP contribution < -0.4 is 0 Å². The molecule has 2 nitrogen and oxygen atoms in total. The highest BCUT2D eigenvalue weighted by molar-refractivity contribution is 7.21. The van der Waals surface area contributed by atoms with Crippen LogP contribution in [0.1, 0.15) is 0 Å². The summed E-state index contributed by atoms with van der Waals surface area (Å²) in [4.78, 5) is 10.4. The Morgan fingerprint density at radius 2 is 0.692 bits per heavy atom. The number of nitrogens with zero attached hydrogens (tertiary/aromatic N) is 2. The van der Waals surface area contributed by atoms with Gasteiger partial charge in [-0.3, -0.25) is 0 Å². The van der Waals surface area contributed by atoms with Crippen LogP contribution >= 0.6 is 45.3 Å². The summed E-state index contributed by atoms with van der Waals surface area (Å²) in [5, 5.41) is 13.8. The fourth-order valence-corrected chi connectivity index (χ4v) is 7.48. The fourth-order valence-electron chi connectivity index (χ4n) is 3.89. The molecular formula is C20H8N2S4. The standard InChI is InChI=1S/C20H8N2S4/c1-5-23-17-9(1)10-2-6-24-18(10)14-13(17)21-15-16(22-14)20-12(4-8-26-20)11-3-7-25-19(11)15/h1-8H. The van der Waals surface area contributed by atoms with Gasteiger partial charge >= 0.3 is 0 Å². The molecule has 5 aromatic heterocycles. The predicted molar refractivity (Wildman–Crippen MR) is 119 cm³/mol. The second-order valence-corrected chi connectivity index (χ2v) is 9.94. The van der Waals surface area contributed by atoms with Gasteiger partial charge in [-0.25, -0.2) is 9.97 Å². The van der Waals surface area contributed by atoms with Crippen LogP contribution in [0.25, 0.3) is 62.4 Å². The van der Waals surface area contributed by atoms with Crippen molar-refractivity contribution in [2.45, 2.75) is 0 Å². The molecule has 0 fully saturated rings. The lowest BCUT2D eigenvalue weighted by Gasteiger charge is -2.07. The predicted octanol–water partition coefficient (Wildman–Crippen LogP) is 7.64. The van der Waals surface area contributed by atoms with Crippen molar-refractivity contribution in [3.05, 3.63) is 45.8 Å². The first-order chi connectivity index (χ1) is 12.9. The van der Waals surface area contributed by atoms with Gasteiger partial charge in [0.2, 0.25) is 0 Å². The number of aromatic nitrogens is 2. The second-order valence-electron chi connectivity index (χ2n) is 6.27. The average molecular weight is 405 g/mol. The topological polar surface area (TPSA) is 25.8 Å². The molecule has 26 heavy (non-hydrogen) atoms. The Morgan fingerprint density at radius 3 is 0.962 bits per heavy atom. The first-order valence-corrected chi connectivity index (χ1v) is 11.7. The number of fused-ring (bicyclic) bond motifs is 12. The maximum absolute atomic E-state index is 5.21. The zero-order valence-corrected chi connectivity index (χ0v) is 16.4. The van der Waals surface area contributed by atoms with Crippen molar-refractivity contribution in [1.82, 2.24) is 9.97 Å². The summed E-state index contributed by atoms with van der Waals surface area (Å²) in [7, 11) is 0. The van der Waals surface area contributed by atoms with Crippen LogP contribution in [-0.4, -0.2) is 9.97 Å². The Hall–Kier alpha value is -2.12. The van der Waals surface area contributed by atoms with Crippen molar-refractivity contribution in [2.24, 2.45) is 0 Å². The first-order valence-electron chi connectivity index (χ1n) is 8.14. The zero-order valence-electron chi connectivity index (χ0n) is 13.1. The molecule has 0 aliphatic rings. The molecule has 0 bridgehead atoms. The van der Waals surface area contributed by atoms with Gasteiger partial charge in [-0.05, 0) is 45.8 Å². The van der Waals surface area contributed by atoms with E-state index in [2.05, 4.69) is 45.8 Å². The monoisotopic (exact) mass is 404 g/mol. The van der Waals surface area contributed by atoms with E-state index in [-0.39, 0.29) is 0 Å². The molecule has 7 rings (SSSR count). The first kappa shape index (κ1) is 14.0. The smallest absolute Gasteiger partial charge is 0.109 e. The molecular weight excluding hydrogens is 397 g/mol. The lowest BCUT2D eigenvalue weighted by atomic mass is 10.1. The summed E-state index contributed by atoms with van der Waals surface area (Å²) in [5.41, 5.74) is 4.18. The van der Waals surface area contributed by atoms with Gasteiger partial charge in [0.15, 0.2) is 0 Å². The molecule has 0 spiro atoms. The fraction of sp³-hybridized carbons (Fsp3) is 0. The third kappa shape index (κ3) is 1.57. The van der Waals surface area contributed by atoms with Crippen LogP contribution in [0.2, 0.25) is 0 Å². The summed E-state index contributed by atoms with van der Waals surface area (Å²) in [6, 6.07) is 8.85. The van der Waals surface area contributed by atoms with E-state index in [0.29, 0.717) is 0 Å². The van der Waals surface area contributed by atoms with E-state index in [9.17, 15) is 0 Å². The minimum atomic E-state index is 1.04. The third-order valence-electron chi connectivity index (χ3n) is 5.00. The van der Waals surface area contributed by atoms with Gasteiger partial charge in [0.05, 0.1) is 18.8 Å². The van der Waals surface area contributed by atoms with Gasteiger partial charge in [-0.2, -0.15) is 0 Å². The lowest BCUT2D eigenvalue weighted by molar-refractivity contribution is 1.46. The van der Waals surface area contributed by atoms with Crippen molar-refractivity contribution < 1.29 is 0 Å². The molecule has 0 saturated carbocycles. The Morgan fingerprint density at radius 1 is 0.423 bits per heavy atom. The Balaban J connectivity index is 1.88. The molecule has 0 radical (unpaired) electrons. The van der Waals surface area contributed by atoms with E-state index in [0.717, 1.165) is 22.1 Å². The number of hydrogen-bond acceptors (Lipinski definition) is 6. The van der Waals surface area contributed by atoms with Crippen molar-refractivity contribution >= 4 is 108 Å². The van der Waals surface area contributed by atoms with Gasteiger partial charge in [0.1, 0.15) is 22.1 Å². The van der Waals surface area contributed by atoms with Crippen molar-refractivity contribution in [1.29, 1.82) is 0 Å². The number of rotatable bonds is 0. The quantitative estimate of drug-likeness (QED) is 0.243. The molecule has 0 amide bonds. The molecule has 0 atom stereocenters. The molecule has 0 saturated heterocycles. The van der Waals surface area contributed by atoms with Gasteiger partial charge in [0.25, 0.3) is 0 Å². The molecule has 6 heteroatoms. The van der Waals surface area contributed by atoms with Crippen LogP contribution in [0.5, 0.6) is 0 Å². The SMILES string of the molecule is c1cc2c3ccsc3c3nc4c(nc3c2s1)c1sccc1c1ccsc14. The van der Waals surface area contributed by atoms with Gasteiger partial charge in [-0.1, -0.05) is 0 Å². The van der Waals surface area contributed by atoms with Gasteiger partial charge in [0, 0.05) is 21.5 Å². The number of hydrogen-bond donors (Lipinski definition) is 0. The van der Waals surface area contributed by atoms with Crippen molar-refractivity contribution in [3.63, 3.8) is 0 Å². The van der Waals surface area contributed by atoms with Gasteiger partial charge < -0.3 is 0 Å². The lowest BCUT2D eigenvalue weighted by Crippen LogP contribution is -1.89. The summed E-state index contributed by atoms with van der Waals surface area (Å²) >= 11 is 7.06. The van der Waals surface area contributed by atoms with Crippen LogP contribution in [0.15, 0.2) is 45.8 Å². The largest absolute Gasteiger partial charge is 0.241 e. The highest BCUT2D eigenvalue weighted by Gasteiger charge is 2.18. The zero-order chi connectivity index (χ0) is 16.8. The van der Waals surface area contributed by atoms with E-state index in [1.54, 1.807) is 45.3 Å². The molecule has 0 unspecified atom stereocenters. The normalized spacial score (nSPS) is 12.6. The van der Waals surface area contributed by atoms with E-state index in [1.807, 2.05) is 0 Å². The maximum Gasteiger partial charge on any atom is 0.109 e. The summed E-state index contributed by atoms with van der Waals surface area (Å²) < 4.78 is 4.99. The Kier molecular flexibility index (Phi) is 2.57. The number of thiophene rings is 4. The van der Waals surface area contributed by atoms with Gasteiger partial charge in [-0.15, -0.1) is 45.3 Å². The van der Waals surface area contributed by atoms with E-state index >= 15 is 0 Å². The Bertz CT molecular complexity index is 1400. The third-order valence-corrected chi connectivity index (χ3v) is 8.68. The molecule has 5 heterocycles. The van der Waals surface area contributed by atoms with Crippen LogP contribution in [0.4, 0.5) is 0 Å². The Labute approximate surface area is 163 Å². The molecule has 122 valence electrons. The van der Waals surface area contributed by atoms with E-state index < -0.39 is 0 Å². The van der Waals surface area contributed by atoms with E-state index in [4.69, 9.17) is 9.97 Å². The van der Waals surface area contributed by atoms with Crippen molar-refractivity contribution in [2.75, 3.05) is 0 Å². The molecule has 0 aliphatic heterocycles. The average Bonchev–Trinajstić information content (AvgIpc) is 3.46. The maximum atomic E-state index is 5.21. The summed E-state index contributed by atoms with van der Waals surface area (Å²) in [6.45, 7) is 0. The number of benzene rings is 2. The highest BCUT2D eigenvalue weighted by atomic mass is 32.1. The summed E-state index contributed by atoms with van der Waals surface area (Å²) in [5.74, 6) is 0. The van der Waals surface area contributed by atoms with Crippen molar-refractivity contribution in [3.8, 4) is 0 Å². The molecule has 0 aliphatic carbocycles. The minimum absolute atomic E-state index is 1.04. The highest BCUT2D eigenvalue weighted by Crippen LogP contribution is 2.43. The molecule has 0 N–H and O–H groups in total. The molecule has 2 aromatic carbocycles. The minimum Gasteiger partial charge on any atom is -0.241 e. The second kappa shape index (κ2) is 4.78.